The highest BCUT2D eigenvalue weighted by molar-refractivity contribution is 6.31. The maximum absolute atomic E-state index is 12.2. The number of ether oxygens (including phenoxy) is 1. The molecule has 8 nitrogen and oxygen atoms in total. The summed E-state index contributed by atoms with van der Waals surface area (Å²) in [6.45, 7) is 0.779. The molecule has 0 bridgehead atoms. The number of aromatic nitrogens is 1. The summed E-state index contributed by atoms with van der Waals surface area (Å²) in [6.07, 6.45) is 2.03. The number of anilines is 3. The predicted octanol–water partition coefficient (Wildman–Crippen LogP) is 3.30. The molecule has 1 heterocycles. The van der Waals surface area contributed by atoms with Gasteiger partial charge in [0.05, 0.1) is 44.8 Å². The van der Waals surface area contributed by atoms with Gasteiger partial charge in [0.1, 0.15) is 11.6 Å². The third-order valence-corrected chi connectivity index (χ3v) is 3.55. The van der Waals surface area contributed by atoms with E-state index in [1.165, 1.54) is 6.20 Å². The number of halogens is 1. The van der Waals surface area contributed by atoms with Crippen molar-refractivity contribution in [2.75, 3.05) is 43.6 Å². The fraction of sp³-hybridized carbons (Fsp3) is 0.294. The van der Waals surface area contributed by atoms with Gasteiger partial charge in [0.2, 0.25) is 0 Å². The largest absolute Gasteiger partial charge is 0.633 e. The molecule has 140 valence electrons. The molecule has 1 aromatic heterocycles. The predicted molar refractivity (Wildman–Crippen MR) is 103 cm³/mol. The molecule has 0 saturated carbocycles. The summed E-state index contributed by atoms with van der Waals surface area (Å²) in [7, 11) is 3.15. The van der Waals surface area contributed by atoms with Gasteiger partial charge in [-0.15, -0.1) is 0 Å². The van der Waals surface area contributed by atoms with Crippen molar-refractivity contribution in [3.63, 3.8) is 0 Å². The van der Waals surface area contributed by atoms with E-state index >= 15 is 0 Å². The van der Waals surface area contributed by atoms with Crippen molar-refractivity contribution >= 4 is 34.8 Å². The molecule has 0 atom stereocenters. The normalized spacial score (nSPS) is 11.1. The van der Waals surface area contributed by atoms with Crippen LogP contribution in [0.25, 0.3) is 0 Å². The Hall–Kier alpha value is -2.55. The standard InChI is InChI=1S/C17H22ClN5O3/c1-23(2,25)8-3-9-26-15-6-4-12(18)10-14(15)21-17(24)22-16-7-5-13(19)11-20-16/h4-7,10-11H,3,8-9,19H2,1-2H3,(H2,20,21,22,24). The van der Waals surface area contributed by atoms with Crippen LogP contribution in [0.1, 0.15) is 6.42 Å². The fourth-order valence-corrected chi connectivity index (χ4v) is 2.27. The Bertz CT molecular complexity index is 747. The van der Waals surface area contributed by atoms with Gasteiger partial charge in [0.15, 0.2) is 0 Å². The number of nitrogens with two attached hydrogens (primary N) is 1. The van der Waals surface area contributed by atoms with E-state index in [9.17, 15) is 10.0 Å². The van der Waals surface area contributed by atoms with Gasteiger partial charge in [-0.1, -0.05) is 11.6 Å². The third-order valence-electron chi connectivity index (χ3n) is 3.32. The number of carbonyl (C=O) groups is 1. The molecule has 2 rings (SSSR count). The SMILES string of the molecule is C[N+](C)([O-])CCCOc1ccc(Cl)cc1NC(=O)Nc1ccc(N)cn1. The van der Waals surface area contributed by atoms with Crippen molar-refractivity contribution < 1.29 is 14.2 Å². The maximum Gasteiger partial charge on any atom is 0.324 e. The van der Waals surface area contributed by atoms with Gasteiger partial charge in [-0.3, -0.25) is 5.32 Å². The molecule has 2 amide bonds. The lowest BCUT2D eigenvalue weighted by Gasteiger charge is -2.33. The van der Waals surface area contributed by atoms with Crippen LogP contribution < -0.4 is 21.1 Å². The summed E-state index contributed by atoms with van der Waals surface area (Å²) >= 11 is 6.00. The molecule has 0 aliphatic rings. The molecule has 0 fully saturated rings. The van der Waals surface area contributed by atoms with Crippen LogP contribution in [0.2, 0.25) is 5.02 Å². The van der Waals surface area contributed by atoms with Crippen LogP contribution in [0, 0.1) is 5.21 Å². The molecular formula is C17H22ClN5O3. The number of amides is 2. The molecule has 9 heteroatoms. The molecule has 2 aromatic rings. The number of nitrogens with zero attached hydrogens (tertiary/aromatic N) is 2. The Kier molecular flexibility index (Phi) is 6.62. The summed E-state index contributed by atoms with van der Waals surface area (Å²) in [6, 6.07) is 7.64. The number of hydrogen-bond acceptors (Lipinski definition) is 5. The summed E-state index contributed by atoms with van der Waals surface area (Å²) in [5.74, 6) is 0.822. The number of rotatable bonds is 7. The van der Waals surface area contributed by atoms with Crippen LogP contribution in [-0.2, 0) is 0 Å². The number of pyridine rings is 1. The zero-order valence-corrected chi connectivity index (χ0v) is 15.4. The van der Waals surface area contributed by atoms with Gasteiger partial charge in [-0.05, 0) is 30.3 Å². The number of hydrogen-bond donors (Lipinski definition) is 3. The molecule has 26 heavy (non-hydrogen) atoms. The maximum atomic E-state index is 12.2. The first-order chi connectivity index (χ1) is 12.2. The van der Waals surface area contributed by atoms with Gasteiger partial charge in [-0.2, -0.15) is 0 Å². The first-order valence-corrected chi connectivity index (χ1v) is 8.36. The Morgan fingerprint density at radius 3 is 2.73 bits per heavy atom. The monoisotopic (exact) mass is 379 g/mol. The lowest BCUT2D eigenvalue weighted by Crippen LogP contribution is -2.33. The van der Waals surface area contributed by atoms with Crippen LogP contribution in [0.5, 0.6) is 5.75 Å². The Balaban J connectivity index is 1.97. The minimum absolute atomic E-state index is 0.349. The molecule has 4 N–H and O–H groups in total. The van der Waals surface area contributed by atoms with Crippen LogP contribution >= 0.6 is 11.6 Å². The van der Waals surface area contributed by atoms with Crippen LogP contribution in [0.3, 0.4) is 0 Å². The van der Waals surface area contributed by atoms with Gasteiger partial charge < -0.3 is 25.6 Å². The molecule has 0 radical (unpaired) electrons. The minimum Gasteiger partial charge on any atom is -0.633 e. The van der Waals surface area contributed by atoms with E-state index < -0.39 is 6.03 Å². The fourth-order valence-electron chi connectivity index (χ4n) is 2.10. The number of carbonyl (C=O) groups excluding carboxylic acids is 1. The van der Waals surface area contributed by atoms with Gasteiger partial charge in [0.25, 0.3) is 0 Å². The number of nitrogens with one attached hydrogen (secondary N) is 2. The Morgan fingerprint density at radius 2 is 2.08 bits per heavy atom. The van der Waals surface area contributed by atoms with Crippen LogP contribution in [0.15, 0.2) is 36.5 Å². The van der Waals surface area contributed by atoms with Crippen LogP contribution in [-0.4, -0.2) is 42.9 Å². The zero-order valence-electron chi connectivity index (χ0n) is 14.7. The first kappa shape index (κ1) is 19.8. The summed E-state index contributed by atoms with van der Waals surface area (Å²) in [5.41, 5.74) is 6.48. The lowest BCUT2D eigenvalue weighted by atomic mass is 10.3. The molecular weight excluding hydrogens is 358 g/mol. The number of hydroxylamine groups is 3. The van der Waals surface area contributed by atoms with E-state index in [0.29, 0.717) is 47.5 Å². The van der Waals surface area contributed by atoms with E-state index in [2.05, 4.69) is 15.6 Å². The second-order valence-electron chi connectivity index (χ2n) is 6.20. The van der Waals surface area contributed by atoms with Crippen molar-refractivity contribution in [3.8, 4) is 5.75 Å². The van der Waals surface area contributed by atoms with Gasteiger partial charge >= 0.3 is 6.03 Å². The van der Waals surface area contributed by atoms with Gasteiger partial charge in [0, 0.05) is 11.4 Å². The molecule has 0 saturated heterocycles. The number of nitrogen functional groups attached to an aromatic ring is 1. The highest BCUT2D eigenvalue weighted by Crippen LogP contribution is 2.28. The first-order valence-electron chi connectivity index (χ1n) is 7.99. The van der Waals surface area contributed by atoms with Crippen molar-refractivity contribution in [1.29, 1.82) is 0 Å². The average Bonchev–Trinajstić information content (AvgIpc) is 2.54. The summed E-state index contributed by atoms with van der Waals surface area (Å²) < 4.78 is 5.29. The molecule has 0 aliphatic heterocycles. The second-order valence-corrected chi connectivity index (χ2v) is 6.63. The molecule has 0 aliphatic carbocycles. The van der Waals surface area contributed by atoms with Crippen molar-refractivity contribution in [1.82, 2.24) is 4.98 Å². The summed E-state index contributed by atoms with van der Waals surface area (Å²) in [4.78, 5) is 16.2. The van der Waals surface area contributed by atoms with Crippen molar-refractivity contribution in [2.24, 2.45) is 0 Å². The Labute approximate surface area is 157 Å². The highest BCUT2D eigenvalue weighted by atomic mass is 35.5. The van der Waals surface area contributed by atoms with E-state index in [1.807, 2.05) is 0 Å². The smallest absolute Gasteiger partial charge is 0.324 e. The quantitative estimate of drug-likeness (QED) is 0.388. The van der Waals surface area contributed by atoms with E-state index in [0.717, 1.165) is 0 Å². The number of quaternary nitrogens is 1. The second kappa shape index (κ2) is 8.70. The minimum atomic E-state index is -0.494. The van der Waals surface area contributed by atoms with Gasteiger partial charge in [-0.25, -0.2) is 9.78 Å². The number of urea groups is 1. The lowest BCUT2D eigenvalue weighted by molar-refractivity contribution is -0.840. The summed E-state index contributed by atoms with van der Waals surface area (Å²) in [5, 5.41) is 17.3. The van der Waals surface area contributed by atoms with Crippen molar-refractivity contribution in [2.45, 2.75) is 6.42 Å². The molecule has 1 aromatic carbocycles. The van der Waals surface area contributed by atoms with Crippen molar-refractivity contribution in [3.05, 3.63) is 46.8 Å². The highest BCUT2D eigenvalue weighted by Gasteiger charge is 2.10. The number of benzene rings is 1. The average molecular weight is 380 g/mol. The molecule has 0 unspecified atom stereocenters. The van der Waals surface area contributed by atoms with E-state index in [4.69, 9.17) is 22.1 Å². The third kappa shape index (κ3) is 6.75. The van der Waals surface area contributed by atoms with Crippen LogP contribution in [0.4, 0.5) is 22.0 Å². The molecule has 0 spiro atoms. The topological polar surface area (TPSA) is 112 Å². The van der Waals surface area contributed by atoms with E-state index in [1.54, 1.807) is 44.4 Å². The van der Waals surface area contributed by atoms with E-state index in [-0.39, 0.29) is 4.65 Å². The zero-order chi connectivity index (χ0) is 19.2. The Morgan fingerprint density at radius 1 is 1.31 bits per heavy atom.